The second-order valence-electron chi connectivity index (χ2n) is 4.15. The van der Waals surface area contributed by atoms with Gasteiger partial charge in [-0.05, 0) is 12.1 Å². The molecule has 112 valence electrons. The summed E-state index contributed by atoms with van der Waals surface area (Å²) in [5.41, 5.74) is -0.639. The molecule has 2 rings (SSSR count). The van der Waals surface area contributed by atoms with Gasteiger partial charge >= 0.3 is 6.18 Å². The minimum atomic E-state index is -4.48. The van der Waals surface area contributed by atoms with E-state index < -0.39 is 11.9 Å². The van der Waals surface area contributed by atoms with Crippen molar-refractivity contribution in [2.45, 2.75) is 12.7 Å². The summed E-state index contributed by atoms with van der Waals surface area (Å²) in [6.07, 6.45) is -3.09. The SMILES string of the molecule is CN(Cc1nc(C(F)(F)F)cs1)C(=O)c1ccnc(Cl)c1. The van der Waals surface area contributed by atoms with E-state index in [1.807, 2.05) is 0 Å². The molecule has 0 aliphatic carbocycles. The Morgan fingerprint density at radius 2 is 2.19 bits per heavy atom. The summed E-state index contributed by atoms with van der Waals surface area (Å²) in [5.74, 6) is -0.372. The molecule has 0 unspecified atom stereocenters. The van der Waals surface area contributed by atoms with Crippen LogP contribution in [0, 0.1) is 0 Å². The van der Waals surface area contributed by atoms with Crippen molar-refractivity contribution in [1.29, 1.82) is 0 Å². The quantitative estimate of drug-likeness (QED) is 0.807. The maximum atomic E-state index is 12.4. The Morgan fingerprint density at radius 1 is 1.48 bits per heavy atom. The van der Waals surface area contributed by atoms with Crippen molar-refractivity contribution in [3.05, 3.63) is 45.1 Å². The lowest BCUT2D eigenvalue weighted by Gasteiger charge is -2.15. The molecule has 4 nitrogen and oxygen atoms in total. The Balaban J connectivity index is 2.09. The van der Waals surface area contributed by atoms with Gasteiger partial charge in [0.05, 0.1) is 6.54 Å². The highest BCUT2D eigenvalue weighted by atomic mass is 35.5. The third-order valence-corrected chi connectivity index (χ3v) is 3.58. The van der Waals surface area contributed by atoms with Crippen molar-refractivity contribution in [3.8, 4) is 0 Å². The van der Waals surface area contributed by atoms with Crippen LogP contribution >= 0.6 is 22.9 Å². The van der Waals surface area contributed by atoms with Crippen molar-refractivity contribution in [3.63, 3.8) is 0 Å². The number of carbonyl (C=O) groups excluding carboxylic acids is 1. The number of nitrogens with zero attached hydrogens (tertiary/aromatic N) is 3. The molecule has 0 aliphatic heterocycles. The average molecular weight is 336 g/mol. The molecule has 0 aliphatic rings. The van der Waals surface area contributed by atoms with Gasteiger partial charge in [-0.3, -0.25) is 4.79 Å². The number of halogens is 4. The standard InChI is InChI=1S/C12H9ClF3N3OS/c1-19(11(20)7-2-3-17-9(13)4-7)5-10-18-8(6-21-10)12(14,15)16/h2-4,6H,5H2,1H3. The normalized spacial score (nSPS) is 11.5. The minimum Gasteiger partial charge on any atom is -0.335 e. The van der Waals surface area contributed by atoms with Gasteiger partial charge in [-0.25, -0.2) is 9.97 Å². The zero-order valence-electron chi connectivity index (χ0n) is 10.7. The van der Waals surface area contributed by atoms with Crippen molar-refractivity contribution in [2.75, 3.05) is 7.05 Å². The highest BCUT2D eigenvalue weighted by Crippen LogP contribution is 2.30. The molecule has 1 amide bonds. The Bertz CT molecular complexity index is 659. The molecular weight excluding hydrogens is 327 g/mol. The van der Waals surface area contributed by atoms with Crippen molar-refractivity contribution in [2.24, 2.45) is 0 Å². The highest BCUT2D eigenvalue weighted by Gasteiger charge is 2.33. The molecule has 0 fully saturated rings. The fourth-order valence-corrected chi connectivity index (χ4v) is 2.57. The topological polar surface area (TPSA) is 46.1 Å². The van der Waals surface area contributed by atoms with Crippen molar-refractivity contribution < 1.29 is 18.0 Å². The van der Waals surface area contributed by atoms with E-state index in [-0.39, 0.29) is 22.6 Å². The zero-order chi connectivity index (χ0) is 15.6. The van der Waals surface area contributed by atoms with Gasteiger partial charge in [0, 0.05) is 24.2 Å². The largest absolute Gasteiger partial charge is 0.434 e. The molecule has 0 bridgehead atoms. The van der Waals surface area contributed by atoms with Crippen molar-refractivity contribution >= 4 is 28.8 Å². The molecule has 0 saturated carbocycles. The third kappa shape index (κ3) is 3.92. The first-order valence-corrected chi connectivity index (χ1v) is 6.92. The van der Waals surface area contributed by atoms with Gasteiger partial charge in [0.15, 0.2) is 5.69 Å². The highest BCUT2D eigenvalue weighted by molar-refractivity contribution is 7.09. The number of pyridine rings is 1. The lowest BCUT2D eigenvalue weighted by molar-refractivity contribution is -0.140. The Kier molecular flexibility index (Phi) is 4.48. The van der Waals surface area contributed by atoms with E-state index >= 15 is 0 Å². The maximum Gasteiger partial charge on any atom is 0.434 e. The van der Waals surface area contributed by atoms with Gasteiger partial charge in [-0.15, -0.1) is 11.3 Å². The number of hydrogen-bond acceptors (Lipinski definition) is 4. The first kappa shape index (κ1) is 15.7. The van der Waals surface area contributed by atoms with Crippen LogP contribution in [-0.4, -0.2) is 27.8 Å². The van der Waals surface area contributed by atoms with Crippen LogP contribution in [0.5, 0.6) is 0 Å². The molecule has 0 radical (unpaired) electrons. The summed E-state index contributed by atoms with van der Waals surface area (Å²) < 4.78 is 37.3. The molecule has 9 heteroatoms. The smallest absolute Gasteiger partial charge is 0.335 e. The number of carbonyl (C=O) groups is 1. The van der Waals surface area contributed by atoms with E-state index in [2.05, 4.69) is 9.97 Å². The van der Waals surface area contributed by atoms with Crippen LogP contribution in [-0.2, 0) is 12.7 Å². The van der Waals surface area contributed by atoms with Gasteiger partial charge in [0.2, 0.25) is 0 Å². The Morgan fingerprint density at radius 3 is 2.76 bits per heavy atom. The van der Waals surface area contributed by atoms with Gasteiger partial charge in [-0.1, -0.05) is 11.6 Å². The van der Waals surface area contributed by atoms with Crippen molar-refractivity contribution in [1.82, 2.24) is 14.9 Å². The fourth-order valence-electron chi connectivity index (χ4n) is 1.54. The second kappa shape index (κ2) is 5.98. The van der Waals surface area contributed by atoms with E-state index in [1.165, 1.54) is 30.3 Å². The van der Waals surface area contributed by atoms with Crippen LogP contribution in [0.25, 0.3) is 0 Å². The van der Waals surface area contributed by atoms with Gasteiger partial charge < -0.3 is 4.90 Å². The van der Waals surface area contributed by atoms with Gasteiger partial charge in [0.25, 0.3) is 5.91 Å². The van der Waals surface area contributed by atoms with E-state index in [0.29, 0.717) is 5.56 Å². The summed E-state index contributed by atoms with van der Waals surface area (Å²) >= 11 is 6.55. The molecule has 0 atom stereocenters. The molecule has 0 spiro atoms. The summed E-state index contributed by atoms with van der Waals surface area (Å²) in [5, 5.41) is 1.30. The third-order valence-electron chi connectivity index (χ3n) is 2.53. The molecular formula is C12H9ClF3N3OS. The van der Waals surface area contributed by atoms with Crippen LogP contribution in [0.15, 0.2) is 23.7 Å². The average Bonchev–Trinajstić information content (AvgIpc) is 2.86. The lowest BCUT2D eigenvalue weighted by atomic mass is 10.2. The molecule has 2 aromatic heterocycles. The van der Waals surface area contributed by atoms with Crippen LogP contribution < -0.4 is 0 Å². The van der Waals surface area contributed by atoms with E-state index in [1.54, 1.807) is 0 Å². The summed E-state index contributed by atoms with van der Waals surface area (Å²) in [4.78, 5) is 20.6. The maximum absolute atomic E-state index is 12.4. The number of alkyl halides is 3. The van der Waals surface area contributed by atoms with Gasteiger partial charge in [-0.2, -0.15) is 13.2 Å². The van der Waals surface area contributed by atoms with Crippen LogP contribution in [0.1, 0.15) is 21.1 Å². The van der Waals surface area contributed by atoms with E-state index in [9.17, 15) is 18.0 Å². The first-order valence-electron chi connectivity index (χ1n) is 5.66. The van der Waals surface area contributed by atoms with Crippen LogP contribution in [0.3, 0.4) is 0 Å². The van der Waals surface area contributed by atoms with Crippen LogP contribution in [0.4, 0.5) is 13.2 Å². The van der Waals surface area contributed by atoms with Gasteiger partial charge in [0.1, 0.15) is 10.2 Å². The molecule has 21 heavy (non-hydrogen) atoms. The molecule has 2 heterocycles. The zero-order valence-corrected chi connectivity index (χ0v) is 12.3. The van der Waals surface area contributed by atoms with E-state index in [4.69, 9.17) is 11.6 Å². The molecule has 0 saturated heterocycles. The number of rotatable bonds is 3. The Labute approximate surface area is 127 Å². The minimum absolute atomic E-state index is 0.0144. The molecule has 0 aromatic carbocycles. The van der Waals surface area contributed by atoms with Crippen LogP contribution in [0.2, 0.25) is 5.15 Å². The monoisotopic (exact) mass is 335 g/mol. The summed E-state index contributed by atoms with van der Waals surface area (Å²) in [7, 11) is 1.48. The lowest BCUT2D eigenvalue weighted by Crippen LogP contribution is -2.26. The van der Waals surface area contributed by atoms with E-state index in [0.717, 1.165) is 16.7 Å². The number of hydrogen-bond donors (Lipinski definition) is 0. The second-order valence-corrected chi connectivity index (χ2v) is 5.48. The number of amides is 1. The molecule has 0 N–H and O–H groups in total. The summed E-state index contributed by atoms with van der Waals surface area (Å²) in [6.45, 7) is -0.0144. The number of aromatic nitrogens is 2. The Hall–Kier alpha value is -1.67. The predicted octanol–water partition coefficient (Wildman–Crippen LogP) is 3.48. The predicted molar refractivity (Wildman–Crippen MR) is 72.2 cm³/mol. The number of thiazole rings is 1. The fraction of sp³-hybridized carbons (Fsp3) is 0.250. The summed E-state index contributed by atoms with van der Waals surface area (Å²) in [6, 6.07) is 2.87. The molecule has 2 aromatic rings. The first-order chi connectivity index (χ1) is 9.77.